The van der Waals surface area contributed by atoms with Gasteiger partial charge in [0.2, 0.25) is 0 Å². The van der Waals surface area contributed by atoms with Gasteiger partial charge >= 0.3 is 5.97 Å². The fourth-order valence-electron chi connectivity index (χ4n) is 0.589. The van der Waals surface area contributed by atoms with Crippen molar-refractivity contribution in [3.05, 3.63) is 16.1 Å². The van der Waals surface area contributed by atoms with Crippen LogP contribution in [0.15, 0.2) is 5.38 Å². The van der Waals surface area contributed by atoms with E-state index in [0.717, 1.165) is 11.3 Å². The van der Waals surface area contributed by atoms with E-state index in [2.05, 4.69) is 16.8 Å². The molecule has 0 amide bonds. The molecule has 0 radical (unpaired) electrons. The molecule has 1 heterocycles. The van der Waals surface area contributed by atoms with Crippen molar-refractivity contribution < 1.29 is 9.90 Å². The molecule has 0 aliphatic heterocycles. The van der Waals surface area contributed by atoms with Gasteiger partial charge in [-0.25, -0.2) is 9.78 Å². The molecule has 1 N–H and O–H groups in total. The van der Waals surface area contributed by atoms with E-state index < -0.39 is 5.97 Å². The molecule has 4 nitrogen and oxygen atoms in total. The molecule has 0 bridgehead atoms. The molecule has 1 rings (SSSR count). The fourth-order valence-corrected chi connectivity index (χ4v) is 1.25. The number of hydrogen-bond acceptors (Lipinski definition) is 4. The van der Waals surface area contributed by atoms with E-state index in [1.54, 1.807) is 0 Å². The molecule has 0 aromatic carbocycles. The second-order valence-corrected chi connectivity index (χ2v) is 2.84. The Kier molecular flexibility index (Phi) is 3.02. The smallest absolute Gasteiger partial charge is 0.355 e. The van der Waals surface area contributed by atoms with Crippen molar-refractivity contribution >= 4 is 17.3 Å². The summed E-state index contributed by atoms with van der Waals surface area (Å²) in [5, 5.41) is 18.5. The molecular formula is C8H4N2O2S. The Bertz CT molecular complexity index is 419. The van der Waals surface area contributed by atoms with Gasteiger partial charge in [-0.1, -0.05) is 5.92 Å². The zero-order chi connectivity index (χ0) is 9.68. The number of nitriles is 1. The third-order valence-corrected chi connectivity index (χ3v) is 1.84. The van der Waals surface area contributed by atoms with Gasteiger partial charge in [-0.15, -0.1) is 11.3 Å². The first-order valence-corrected chi connectivity index (χ1v) is 4.16. The lowest BCUT2D eigenvalue weighted by Gasteiger charge is -1.79. The zero-order valence-corrected chi connectivity index (χ0v) is 7.26. The Labute approximate surface area is 78.5 Å². The molecule has 0 unspecified atom stereocenters. The van der Waals surface area contributed by atoms with Gasteiger partial charge in [0, 0.05) is 5.38 Å². The first-order chi connectivity index (χ1) is 6.24. The summed E-state index contributed by atoms with van der Waals surface area (Å²) in [5.74, 6) is 4.07. The van der Waals surface area contributed by atoms with Crippen LogP contribution in [0, 0.1) is 23.2 Å². The van der Waals surface area contributed by atoms with Crippen molar-refractivity contribution in [1.82, 2.24) is 4.98 Å². The maximum absolute atomic E-state index is 10.4. The highest BCUT2D eigenvalue weighted by Gasteiger charge is 2.06. The van der Waals surface area contributed by atoms with E-state index in [0.29, 0.717) is 5.01 Å². The first-order valence-electron chi connectivity index (χ1n) is 3.28. The van der Waals surface area contributed by atoms with Gasteiger partial charge in [0.05, 0.1) is 12.5 Å². The Hall–Kier alpha value is -1.85. The second-order valence-electron chi connectivity index (χ2n) is 1.98. The molecule has 0 aliphatic rings. The van der Waals surface area contributed by atoms with E-state index in [1.165, 1.54) is 5.38 Å². The van der Waals surface area contributed by atoms with Crippen LogP contribution in [0.4, 0.5) is 0 Å². The van der Waals surface area contributed by atoms with Crippen LogP contribution in [0.3, 0.4) is 0 Å². The minimum atomic E-state index is -1.07. The summed E-state index contributed by atoms with van der Waals surface area (Å²) < 4.78 is 0. The zero-order valence-electron chi connectivity index (χ0n) is 6.44. The van der Waals surface area contributed by atoms with E-state index >= 15 is 0 Å². The molecule has 0 saturated carbocycles. The van der Waals surface area contributed by atoms with Crippen LogP contribution in [0.2, 0.25) is 0 Å². The lowest BCUT2D eigenvalue weighted by molar-refractivity contribution is 0.0691. The average Bonchev–Trinajstić information content (AvgIpc) is 2.53. The number of aromatic carboxylic acids is 1. The van der Waals surface area contributed by atoms with Crippen molar-refractivity contribution in [2.24, 2.45) is 0 Å². The van der Waals surface area contributed by atoms with E-state index in [1.807, 2.05) is 6.07 Å². The topological polar surface area (TPSA) is 74.0 Å². The van der Waals surface area contributed by atoms with Gasteiger partial charge in [-0.05, 0) is 5.92 Å². The maximum Gasteiger partial charge on any atom is 0.355 e. The van der Waals surface area contributed by atoms with E-state index in [-0.39, 0.29) is 12.1 Å². The van der Waals surface area contributed by atoms with Gasteiger partial charge in [0.15, 0.2) is 10.7 Å². The highest BCUT2D eigenvalue weighted by atomic mass is 32.1. The lowest BCUT2D eigenvalue weighted by Crippen LogP contribution is -1.95. The number of rotatable bonds is 1. The van der Waals surface area contributed by atoms with Crippen LogP contribution in [0.25, 0.3) is 0 Å². The molecule has 1 aromatic heterocycles. The summed E-state index contributed by atoms with van der Waals surface area (Å²) in [6.07, 6.45) is 0.127. The molecule has 0 fully saturated rings. The Morgan fingerprint density at radius 3 is 3.08 bits per heavy atom. The van der Waals surface area contributed by atoms with Crippen molar-refractivity contribution in [2.75, 3.05) is 0 Å². The van der Waals surface area contributed by atoms with Crippen molar-refractivity contribution in [1.29, 1.82) is 5.26 Å². The fraction of sp³-hybridized carbons (Fsp3) is 0.125. The van der Waals surface area contributed by atoms with Crippen LogP contribution >= 0.6 is 11.3 Å². The summed E-state index contributed by atoms with van der Waals surface area (Å²) >= 11 is 1.15. The molecule has 13 heavy (non-hydrogen) atoms. The minimum absolute atomic E-state index is 0.00809. The quantitative estimate of drug-likeness (QED) is 0.676. The SMILES string of the molecule is N#CCC#Cc1nc(C(=O)O)cs1. The standard InChI is InChI=1S/C8H4N2O2S/c9-4-2-1-3-7-10-6(5-13-7)8(11)12/h5H,2H2,(H,11,12). The largest absolute Gasteiger partial charge is 0.476 e. The number of aromatic nitrogens is 1. The van der Waals surface area contributed by atoms with Crippen LogP contribution in [-0.2, 0) is 0 Å². The Balaban J connectivity index is 2.78. The van der Waals surface area contributed by atoms with Gasteiger partial charge in [0.25, 0.3) is 0 Å². The number of hydrogen-bond donors (Lipinski definition) is 1. The predicted octanol–water partition coefficient (Wildman–Crippen LogP) is 1.11. The number of nitrogens with zero attached hydrogens (tertiary/aromatic N) is 2. The molecule has 5 heteroatoms. The Morgan fingerprint density at radius 1 is 1.77 bits per heavy atom. The van der Waals surface area contributed by atoms with Crippen LogP contribution in [0.5, 0.6) is 0 Å². The van der Waals surface area contributed by atoms with Crippen LogP contribution in [-0.4, -0.2) is 16.1 Å². The third kappa shape index (κ3) is 2.58. The van der Waals surface area contributed by atoms with Crippen molar-refractivity contribution in [3.63, 3.8) is 0 Å². The van der Waals surface area contributed by atoms with Gasteiger partial charge < -0.3 is 5.11 Å². The monoisotopic (exact) mass is 192 g/mol. The maximum atomic E-state index is 10.4. The second kappa shape index (κ2) is 4.24. The molecule has 0 spiro atoms. The van der Waals surface area contributed by atoms with Crippen LogP contribution < -0.4 is 0 Å². The molecule has 64 valence electrons. The minimum Gasteiger partial charge on any atom is -0.476 e. The molecule has 0 aliphatic carbocycles. The van der Waals surface area contributed by atoms with Gasteiger partial charge in [0.1, 0.15) is 0 Å². The summed E-state index contributed by atoms with van der Waals surface area (Å²) in [5.41, 5.74) is -0.00809. The van der Waals surface area contributed by atoms with Crippen molar-refractivity contribution in [3.8, 4) is 17.9 Å². The number of carboxylic acids is 1. The predicted molar refractivity (Wildman–Crippen MR) is 46.2 cm³/mol. The number of thiazole rings is 1. The Morgan fingerprint density at radius 2 is 2.54 bits per heavy atom. The van der Waals surface area contributed by atoms with Crippen LogP contribution in [0.1, 0.15) is 21.9 Å². The molecular weight excluding hydrogens is 188 g/mol. The lowest BCUT2D eigenvalue weighted by atomic mass is 10.4. The summed E-state index contributed by atoms with van der Waals surface area (Å²) in [7, 11) is 0. The highest BCUT2D eigenvalue weighted by molar-refractivity contribution is 7.10. The third-order valence-electron chi connectivity index (χ3n) is 1.09. The average molecular weight is 192 g/mol. The van der Waals surface area contributed by atoms with Crippen molar-refractivity contribution in [2.45, 2.75) is 6.42 Å². The van der Waals surface area contributed by atoms with E-state index in [4.69, 9.17) is 10.4 Å². The van der Waals surface area contributed by atoms with E-state index in [9.17, 15) is 4.79 Å². The summed E-state index contributed by atoms with van der Waals surface area (Å²) in [4.78, 5) is 14.1. The number of carboxylic acid groups (broad SMARTS) is 1. The molecule has 0 atom stereocenters. The van der Waals surface area contributed by atoms with Gasteiger partial charge in [-0.3, -0.25) is 0 Å². The number of carbonyl (C=O) groups is 1. The summed E-state index contributed by atoms with van der Waals surface area (Å²) in [6, 6.07) is 1.85. The molecule has 0 saturated heterocycles. The first kappa shape index (κ1) is 9.24. The normalized spacial score (nSPS) is 8.23. The molecule has 1 aromatic rings. The summed E-state index contributed by atoms with van der Waals surface area (Å²) in [6.45, 7) is 0. The van der Waals surface area contributed by atoms with Gasteiger partial charge in [-0.2, -0.15) is 5.26 Å². The highest BCUT2D eigenvalue weighted by Crippen LogP contribution is 2.07.